The Labute approximate surface area is 136 Å². The standard InChI is InChI=1S/C16H15N5OS/c1-9-10(2)23-15-13(9)14-17-8-18-21(14)16(20-15)19-11-5-4-6-12(7-11)22-3/h4-8H,1-3H3,(H,19,20). The van der Waals surface area contributed by atoms with Crippen molar-refractivity contribution in [2.75, 3.05) is 12.4 Å². The van der Waals surface area contributed by atoms with Crippen molar-refractivity contribution >= 4 is 38.8 Å². The molecule has 0 saturated heterocycles. The smallest absolute Gasteiger partial charge is 0.231 e. The summed E-state index contributed by atoms with van der Waals surface area (Å²) < 4.78 is 7.00. The Balaban J connectivity index is 1.90. The number of aromatic nitrogens is 4. The molecule has 0 atom stereocenters. The van der Waals surface area contributed by atoms with Crippen molar-refractivity contribution in [2.24, 2.45) is 0 Å². The molecule has 0 radical (unpaired) electrons. The lowest BCUT2D eigenvalue weighted by atomic mass is 10.2. The van der Waals surface area contributed by atoms with Crippen LogP contribution in [0.2, 0.25) is 0 Å². The quantitative estimate of drug-likeness (QED) is 0.622. The highest BCUT2D eigenvalue weighted by molar-refractivity contribution is 7.18. The second-order valence-corrected chi connectivity index (χ2v) is 6.45. The van der Waals surface area contributed by atoms with Crippen LogP contribution in [0, 0.1) is 13.8 Å². The highest BCUT2D eigenvalue weighted by Crippen LogP contribution is 2.33. The third-order valence-electron chi connectivity index (χ3n) is 3.87. The molecule has 6 nitrogen and oxygen atoms in total. The lowest BCUT2D eigenvalue weighted by Crippen LogP contribution is -2.03. The lowest BCUT2D eigenvalue weighted by molar-refractivity contribution is 0.415. The Morgan fingerprint density at radius 2 is 2.13 bits per heavy atom. The van der Waals surface area contributed by atoms with E-state index in [-0.39, 0.29) is 0 Å². The number of rotatable bonds is 3. The van der Waals surface area contributed by atoms with Gasteiger partial charge in [-0.15, -0.1) is 11.3 Å². The monoisotopic (exact) mass is 325 g/mol. The Kier molecular flexibility index (Phi) is 3.16. The summed E-state index contributed by atoms with van der Waals surface area (Å²) in [6, 6.07) is 7.71. The van der Waals surface area contributed by atoms with E-state index in [1.807, 2.05) is 24.3 Å². The van der Waals surface area contributed by atoms with Crippen LogP contribution in [0.25, 0.3) is 15.9 Å². The number of aryl methyl sites for hydroxylation is 2. The molecule has 3 heterocycles. The van der Waals surface area contributed by atoms with Crippen molar-refractivity contribution in [3.05, 3.63) is 41.0 Å². The van der Waals surface area contributed by atoms with Crippen LogP contribution in [0.1, 0.15) is 10.4 Å². The Hall–Kier alpha value is -2.67. The van der Waals surface area contributed by atoms with Crippen molar-refractivity contribution in [1.82, 2.24) is 19.6 Å². The van der Waals surface area contributed by atoms with Crippen LogP contribution in [-0.4, -0.2) is 26.7 Å². The number of nitrogens with one attached hydrogen (secondary N) is 1. The van der Waals surface area contributed by atoms with Crippen LogP contribution in [0.15, 0.2) is 30.6 Å². The molecular formula is C16H15N5OS. The van der Waals surface area contributed by atoms with Crippen LogP contribution in [-0.2, 0) is 0 Å². The van der Waals surface area contributed by atoms with Crippen LogP contribution in [0.3, 0.4) is 0 Å². The van der Waals surface area contributed by atoms with E-state index in [9.17, 15) is 0 Å². The average Bonchev–Trinajstić information content (AvgIpc) is 3.13. The Morgan fingerprint density at radius 1 is 1.26 bits per heavy atom. The van der Waals surface area contributed by atoms with Gasteiger partial charge in [-0.1, -0.05) is 6.07 Å². The van der Waals surface area contributed by atoms with Gasteiger partial charge in [0.05, 0.1) is 12.5 Å². The van der Waals surface area contributed by atoms with Gasteiger partial charge in [-0.25, -0.2) is 9.97 Å². The van der Waals surface area contributed by atoms with E-state index in [0.717, 1.165) is 27.3 Å². The van der Waals surface area contributed by atoms with E-state index in [0.29, 0.717) is 5.95 Å². The van der Waals surface area contributed by atoms with Gasteiger partial charge in [-0.05, 0) is 31.5 Å². The first-order chi connectivity index (χ1) is 11.2. The number of hydrogen-bond donors (Lipinski definition) is 1. The van der Waals surface area contributed by atoms with Crippen molar-refractivity contribution in [3.8, 4) is 5.75 Å². The van der Waals surface area contributed by atoms with Crippen molar-refractivity contribution < 1.29 is 4.74 Å². The zero-order chi connectivity index (χ0) is 16.0. The second kappa shape index (κ2) is 5.20. The highest BCUT2D eigenvalue weighted by atomic mass is 32.1. The summed E-state index contributed by atoms with van der Waals surface area (Å²) in [6.07, 6.45) is 1.56. The summed E-state index contributed by atoms with van der Waals surface area (Å²) in [5, 5.41) is 8.69. The summed E-state index contributed by atoms with van der Waals surface area (Å²) in [6.45, 7) is 4.20. The number of fused-ring (bicyclic) bond motifs is 3. The molecule has 0 saturated carbocycles. The lowest BCUT2D eigenvalue weighted by Gasteiger charge is -2.09. The maximum Gasteiger partial charge on any atom is 0.231 e. The first-order valence-corrected chi connectivity index (χ1v) is 7.99. The van der Waals surface area contributed by atoms with Crippen molar-refractivity contribution in [1.29, 1.82) is 0 Å². The van der Waals surface area contributed by atoms with E-state index < -0.39 is 0 Å². The number of benzene rings is 1. The zero-order valence-corrected chi connectivity index (χ0v) is 13.8. The third-order valence-corrected chi connectivity index (χ3v) is 4.97. The SMILES string of the molecule is COc1cccc(Nc2nc3sc(C)c(C)c3c3ncnn23)c1. The Bertz CT molecular complexity index is 1020. The van der Waals surface area contributed by atoms with Crippen LogP contribution in [0.5, 0.6) is 5.75 Å². The number of anilines is 2. The fourth-order valence-electron chi connectivity index (χ4n) is 2.57. The van der Waals surface area contributed by atoms with Gasteiger partial charge in [0.15, 0.2) is 5.65 Å². The molecule has 7 heteroatoms. The maximum atomic E-state index is 5.26. The van der Waals surface area contributed by atoms with E-state index in [4.69, 9.17) is 9.72 Å². The van der Waals surface area contributed by atoms with Gasteiger partial charge in [0.2, 0.25) is 5.95 Å². The zero-order valence-electron chi connectivity index (χ0n) is 13.0. The number of hydrogen-bond acceptors (Lipinski definition) is 6. The first-order valence-electron chi connectivity index (χ1n) is 7.18. The molecule has 0 spiro atoms. The molecule has 0 fully saturated rings. The minimum atomic E-state index is 0.638. The van der Waals surface area contributed by atoms with Gasteiger partial charge in [-0.2, -0.15) is 9.61 Å². The largest absolute Gasteiger partial charge is 0.497 e. The second-order valence-electron chi connectivity index (χ2n) is 5.25. The van der Waals surface area contributed by atoms with Gasteiger partial charge in [0.1, 0.15) is 16.9 Å². The summed E-state index contributed by atoms with van der Waals surface area (Å²) in [5.41, 5.74) is 2.92. The molecule has 0 aliphatic carbocycles. The van der Waals surface area contributed by atoms with Crippen LogP contribution in [0.4, 0.5) is 11.6 Å². The van der Waals surface area contributed by atoms with Gasteiger partial charge in [0.25, 0.3) is 0 Å². The number of ether oxygens (including phenoxy) is 1. The molecule has 3 aromatic heterocycles. The molecule has 116 valence electrons. The maximum absolute atomic E-state index is 5.26. The van der Waals surface area contributed by atoms with Crippen molar-refractivity contribution in [3.63, 3.8) is 0 Å². The van der Waals surface area contributed by atoms with E-state index in [1.165, 1.54) is 10.4 Å². The molecule has 23 heavy (non-hydrogen) atoms. The van der Waals surface area contributed by atoms with Crippen LogP contribution >= 0.6 is 11.3 Å². The predicted molar refractivity (Wildman–Crippen MR) is 91.9 cm³/mol. The molecule has 0 unspecified atom stereocenters. The topological polar surface area (TPSA) is 64.3 Å². The number of methoxy groups -OCH3 is 1. The highest BCUT2D eigenvalue weighted by Gasteiger charge is 2.16. The third kappa shape index (κ3) is 2.20. The number of thiophene rings is 1. The molecule has 1 aromatic carbocycles. The van der Waals surface area contributed by atoms with Gasteiger partial charge in [-0.3, -0.25) is 0 Å². The van der Waals surface area contributed by atoms with E-state index in [1.54, 1.807) is 29.3 Å². The fraction of sp³-hybridized carbons (Fsp3) is 0.188. The summed E-state index contributed by atoms with van der Waals surface area (Å²) >= 11 is 1.67. The van der Waals surface area contributed by atoms with Crippen LogP contribution < -0.4 is 10.1 Å². The summed E-state index contributed by atoms with van der Waals surface area (Å²) in [7, 11) is 1.65. The predicted octanol–water partition coefficient (Wildman–Crippen LogP) is 3.71. The van der Waals surface area contributed by atoms with Gasteiger partial charge < -0.3 is 10.1 Å². The minimum absolute atomic E-state index is 0.638. The molecule has 0 amide bonds. The van der Waals surface area contributed by atoms with E-state index >= 15 is 0 Å². The first kappa shape index (κ1) is 14.0. The van der Waals surface area contributed by atoms with Gasteiger partial charge >= 0.3 is 0 Å². The van der Waals surface area contributed by atoms with Gasteiger partial charge in [0, 0.05) is 16.6 Å². The normalized spacial score (nSPS) is 11.3. The average molecular weight is 325 g/mol. The fourth-order valence-corrected chi connectivity index (χ4v) is 3.60. The Morgan fingerprint density at radius 3 is 2.96 bits per heavy atom. The number of nitrogens with zero attached hydrogens (tertiary/aromatic N) is 4. The minimum Gasteiger partial charge on any atom is -0.497 e. The molecule has 0 aliphatic heterocycles. The van der Waals surface area contributed by atoms with E-state index in [2.05, 4.69) is 29.2 Å². The molecule has 4 aromatic rings. The summed E-state index contributed by atoms with van der Waals surface area (Å²) in [4.78, 5) is 11.4. The summed E-state index contributed by atoms with van der Waals surface area (Å²) in [5.74, 6) is 1.42. The molecule has 0 bridgehead atoms. The van der Waals surface area contributed by atoms with Crippen molar-refractivity contribution in [2.45, 2.75) is 13.8 Å². The molecule has 4 rings (SSSR count). The molecular weight excluding hydrogens is 310 g/mol. The molecule has 1 N–H and O–H groups in total. The molecule has 0 aliphatic rings.